The lowest BCUT2D eigenvalue weighted by Gasteiger charge is -2.32. The van der Waals surface area contributed by atoms with Gasteiger partial charge in [-0.3, -0.25) is 4.79 Å². The van der Waals surface area contributed by atoms with Gasteiger partial charge in [0.1, 0.15) is 0 Å². The fourth-order valence-corrected chi connectivity index (χ4v) is 2.42. The highest BCUT2D eigenvalue weighted by molar-refractivity contribution is 9.09. The zero-order valence-corrected chi connectivity index (χ0v) is 10.7. The average Bonchev–Trinajstić information content (AvgIpc) is 2.17. The normalized spacial score (nSPS) is 22.9. The second kappa shape index (κ2) is 5.74. The zero-order chi connectivity index (χ0) is 10.6. The Morgan fingerprint density at radius 3 is 2.86 bits per heavy atom. The monoisotopic (exact) mass is 261 g/mol. The Kier molecular flexibility index (Phi) is 4.93. The van der Waals surface area contributed by atoms with Crippen molar-refractivity contribution in [3.63, 3.8) is 0 Å². The van der Waals surface area contributed by atoms with E-state index in [1.54, 1.807) is 0 Å². The average molecular weight is 262 g/mol. The second-order valence-electron chi connectivity index (χ2n) is 4.60. The van der Waals surface area contributed by atoms with Crippen LogP contribution in [0.1, 0.15) is 33.1 Å². The summed E-state index contributed by atoms with van der Waals surface area (Å²) in [5, 5.41) is 1.03. The summed E-state index contributed by atoms with van der Waals surface area (Å²) in [5.74, 6) is 1.48. The number of hydrogen-bond acceptors (Lipinski definition) is 1. The van der Waals surface area contributed by atoms with Crippen LogP contribution >= 0.6 is 15.9 Å². The van der Waals surface area contributed by atoms with Gasteiger partial charge in [-0.15, -0.1) is 0 Å². The van der Waals surface area contributed by atoms with Crippen molar-refractivity contribution >= 4 is 21.8 Å². The Morgan fingerprint density at radius 1 is 1.57 bits per heavy atom. The van der Waals surface area contributed by atoms with Gasteiger partial charge >= 0.3 is 0 Å². The van der Waals surface area contributed by atoms with E-state index >= 15 is 0 Å². The van der Waals surface area contributed by atoms with Crippen LogP contribution in [0.5, 0.6) is 0 Å². The second-order valence-corrected chi connectivity index (χ2v) is 5.25. The largest absolute Gasteiger partial charge is 0.342 e. The molecule has 1 unspecified atom stereocenters. The zero-order valence-electron chi connectivity index (χ0n) is 9.13. The summed E-state index contributed by atoms with van der Waals surface area (Å²) in [5.41, 5.74) is 0. The molecule has 0 saturated carbocycles. The van der Waals surface area contributed by atoms with Crippen LogP contribution in [0.2, 0.25) is 0 Å². The lowest BCUT2D eigenvalue weighted by atomic mass is 9.99. The first-order chi connectivity index (χ1) is 6.63. The molecule has 0 aromatic carbocycles. The van der Waals surface area contributed by atoms with Crippen molar-refractivity contribution in [3.05, 3.63) is 0 Å². The number of carbonyl (C=O) groups is 1. The highest BCUT2D eigenvalue weighted by Crippen LogP contribution is 2.19. The Bertz CT molecular complexity index is 194. The van der Waals surface area contributed by atoms with Gasteiger partial charge in [-0.25, -0.2) is 0 Å². The van der Waals surface area contributed by atoms with Crippen molar-refractivity contribution in [1.82, 2.24) is 4.90 Å². The number of halogens is 1. The summed E-state index contributed by atoms with van der Waals surface area (Å²) in [6.45, 7) is 6.12. The number of amides is 1. The third kappa shape index (κ3) is 3.60. The summed E-state index contributed by atoms with van der Waals surface area (Å²) in [4.78, 5) is 13.8. The van der Waals surface area contributed by atoms with Crippen molar-refractivity contribution in [1.29, 1.82) is 0 Å². The molecule has 0 aromatic heterocycles. The molecule has 1 atom stereocenters. The molecule has 1 rings (SSSR count). The molecule has 1 heterocycles. The maximum absolute atomic E-state index is 11.8. The maximum Gasteiger partial charge on any atom is 0.222 e. The van der Waals surface area contributed by atoms with E-state index in [2.05, 4.69) is 29.8 Å². The molecule has 2 nitrogen and oxygen atoms in total. The van der Waals surface area contributed by atoms with Crippen LogP contribution in [-0.4, -0.2) is 29.2 Å². The fourth-order valence-electron chi connectivity index (χ4n) is 1.90. The number of rotatable bonds is 3. The van der Waals surface area contributed by atoms with E-state index in [0.717, 1.165) is 18.4 Å². The van der Waals surface area contributed by atoms with E-state index < -0.39 is 0 Å². The third-order valence-electron chi connectivity index (χ3n) is 2.67. The summed E-state index contributed by atoms with van der Waals surface area (Å²) in [6.07, 6.45) is 3.13. The Hall–Kier alpha value is -0.0500. The van der Waals surface area contributed by atoms with Crippen LogP contribution in [0.15, 0.2) is 0 Å². The summed E-state index contributed by atoms with van der Waals surface area (Å²) in [7, 11) is 0. The Labute approximate surface area is 95.2 Å². The molecule has 0 aliphatic carbocycles. The van der Waals surface area contributed by atoms with Gasteiger partial charge in [0.2, 0.25) is 5.91 Å². The molecule has 1 saturated heterocycles. The summed E-state index contributed by atoms with van der Waals surface area (Å²) < 4.78 is 0. The highest BCUT2D eigenvalue weighted by Gasteiger charge is 2.22. The van der Waals surface area contributed by atoms with E-state index in [9.17, 15) is 4.79 Å². The lowest BCUT2D eigenvalue weighted by molar-refractivity contribution is -0.133. The maximum atomic E-state index is 11.8. The van der Waals surface area contributed by atoms with Crippen molar-refractivity contribution in [2.24, 2.45) is 11.8 Å². The SMILES string of the molecule is CC(C)CC(=O)N1CCCC(CBr)C1. The van der Waals surface area contributed by atoms with Gasteiger partial charge in [0.05, 0.1) is 0 Å². The first kappa shape index (κ1) is 12.0. The molecule has 0 spiro atoms. The molecule has 82 valence electrons. The van der Waals surface area contributed by atoms with E-state index in [4.69, 9.17) is 0 Å². The van der Waals surface area contributed by atoms with E-state index in [1.165, 1.54) is 12.8 Å². The van der Waals surface area contributed by atoms with Gasteiger partial charge in [-0.1, -0.05) is 29.8 Å². The lowest BCUT2D eigenvalue weighted by Crippen LogP contribution is -2.40. The molecule has 1 amide bonds. The summed E-state index contributed by atoms with van der Waals surface area (Å²) in [6, 6.07) is 0. The highest BCUT2D eigenvalue weighted by atomic mass is 79.9. The first-order valence-corrected chi connectivity index (χ1v) is 6.59. The number of nitrogens with zero attached hydrogens (tertiary/aromatic N) is 1. The fraction of sp³-hybridized carbons (Fsp3) is 0.909. The molecule has 1 fully saturated rings. The molecule has 0 bridgehead atoms. The molecule has 0 N–H and O–H groups in total. The van der Waals surface area contributed by atoms with Crippen molar-refractivity contribution in [2.75, 3.05) is 18.4 Å². The van der Waals surface area contributed by atoms with E-state index in [0.29, 0.717) is 24.2 Å². The van der Waals surface area contributed by atoms with Crippen molar-refractivity contribution in [2.45, 2.75) is 33.1 Å². The number of alkyl halides is 1. The number of carbonyl (C=O) groups excluding carboxylic acids is 1. The molecule has 1 aliphatic rings. The minimum Gasteiger partial charge on any atom is -0.342 e. The number of piperidine rings is 1. The van der Waals surface area contributed by atoms with Gasteiger partial charge in [0.25, 0.3) is 0 Å². The van der Waals surface area contributed by atoms with E-state index in [1.807, 2.05) is 4.90 Å². The van der Waals surface area contributed by atoms with Crippen molar-refractivity contribution < 1.29 is 4.79 Å². The molecule has 14 heavy (non-hydrogen) atoms. The van der Waals surface area contributed by atoms with Crippen LogP contribution < -0.4 is 0 Å². The molecule has 1 aliphatic heterocycles. The predicted octanol–water partition coefficient (Wildman–Crippen LogP) is 2.67. The Balaban J connectivity index is 2.39. The number of likely N-dealkylation sites (tertiary alicyclic amines) is 1. The minimum atomic E-state index is 0.339. The van der Waals surface area contributed by atoms with Crippen molar-refractivity contribution in [3.8, 4) is 0 Å². The Morgan fingerprint density at radius 2 is 2.29 bits per heavy atom. The van der Waals surface area contributed by atoms with E-state index in [-0.39, 0.29) is 0 Å². The van der Waals surface area contributed by atoms with Crippen LogP contribution in [0.4, 0.5) is 0 Å². The molecule has 0 aromatic rings. The molecule has 0 radical (unpaired) electrons. The first-order valence-electron chi connectivity index (χ1n) is 5.47. The topological polar surface area (TPSA) is 20.3 Å². The predicted molar refractivity (Wildman–Crippen MR) is 62.6 cm³/mol. The van der Waals surface area contributed by atoms with Gasteiger partial charge < -0.3 is 4.90 Å². The smallest absolute Gasteiger partial charge is 0.222 e. The molecule has 3 heteroatoms. The minimum absolute atomic E-state index is 0.339. The van der Waals surface area contributed by atoms with Crippen LogP contribution in [0, 0.1) is 11.8 Å². The quantitative estimate of drug-likeness (QED) is 0.716. The van der Waals surface area contributed by atoms with Crippen LogP contribution in [0.25, 0.3) is 0 Å². The van der Waals surface area contributed by atoms with Crippen LogP contribution in [0.3, 0.4) is 0 Å². The van der Waals surface area contributed by atoms with Gasteiger partial charge in [-0.2, -0.15) is 0 Å². The summed E-state index contributed by atoms with van der Waals surface area (Å²) >= 11 is 3.50. The van der Waals surface area contributed by atoms with Gasteiger partial charge in [-0.05, 0) is 24.7 Å². The third-order valence-corrected chi connectivity index (χ3v) is 3.59. The van der Waals surface area contributed by atoms with Gasteiger partial charge in [0, 0.05) is 24.8 Å². The number of hydrogen-bond donors (Lipinski definition) is 0. The van der Waals surface area contributed by atoms with Gasteiger partial charge in [0.15, 0.2) is 0 Å². The van der Waals surface area contributed by atoms with Crippen LogP contribution in [-0.2, 0) is 4.79 Å². The molecular formula is C11H20BrNO. The molecular weight excluding hydrogens is 242 g/mol. The standard InChI is InChI=1S/C11H20BrNO/c1-9(2)6-11(14)13-5-3-4-10(7-12)8-13/h9-10H,3-8H2,1-2H3.